The lowest BCUT2D eigenvalue weighted by Crippen LogP contribution is -2.29. The maximum absolute atomic E-state index is 5.60. The van der Waals surface area contributed by atoms with Crippen LogP contribution in [0.4, 0.5) is 0 Å². The molecule has 2 heteroatoms. The molecule has 0 N–H and O–H groups in total. The zero-order chi connectivity index (χ0) is 13.2. The molecule has 0 saturated heterocycles. The van der Waals surface area contributed by atoms with Crippen LogP contribution in [0.3, 0.4) is 0 Å². The van der Waals surface area contributed by atoms with E-state index in [9.17, 15) is 0 Å². The Morgan fingerprint density at radius 2 is 2.32 bits per heavy atom. The van der Waals surface area contributed by atoms with E-state index in [1.807, 2.05) is 6.08 Å². The van der Waals surface area contributed by atoms with Gasteiger partial charge in [0.15, 0.2) is 0 Å². The molecule has 1 heterocycles. The van der Waals surface area contributed by atoms with Crippen molar-refractivity contribution in [1.82, 2.24) is 4.90 Å². The second-order valence-corrected chi connectivity index (χ2v) is 5.71. The first-order chi connectivity index (χ1) is 9.33. The van der Waals surface area contributed by atoms with E-state index in [1.54, 1.807) is 18.2 Å². The van der Waals surface area contributed by atoms with Crippen LogP contribution in [0.25, 0.3) is 0 Å². The molecule has 0 bridgehead atoms. The Labute approximate surface area is 116 Å². The van der Waals surface area contributed by atoms with Gasteiger partial charge in [0.05, 0.1) is 7.11 Å². The van der Waals surface area contributed by atoms with Crippen molar-refractivity contribution in [3.05, 3.63) is 41.5 Å². The highest BCUT2D eigenvalue weighted by atomic mass is 16.5. The van der Waals surface area contributed by atoms with Crippen molar-refractivity contribution in [3.8, 4) is 5.75 Å². The van der Waals surface area contributed by atoms with Gasteiger partial charge in [0.25, 0.3) is 0 Å². The molecule has 102 valence electrons. The topological polar surface area (TPSA) is 12.5 Å². The first-order valence-corrected chi connectivity index (χ1v) is 7.35. The van der Waals surface area contributed by atoms with E-state index in [-0.39, 0.29) is 0 Å². The van der Waals surface area contributed by atoms with E-state index < -0.39 is 0 Å². The fourth-order valence-electron chi connectivity index (χ4n) is 3.76. The normalized spacial score (nSPS) is 22.5. The molecular formula is C17H23NO. The first kappa shape index (κ1) is 12.7. The summed E-state index contributed by atoms with van der Waals surface area (Å²) in [5.74, 6) is 1.78. The summed E-state index contributed by atoms with van der Waals surface area (Å²) < 4.78 is 5.60. The average molecular weight is 257 g/mol. The minimum absolute atomic E-state index is 0.691. The Bertz CT molecular complexity index is 480. The van der Waals surface area contributed by atoms with Crippen molar-refractivity contribution in [2.24, 2.45) is 0 Å². The van der Waals surface area contributed by atoms with Crippen molar-refractivity contribution >= 4 is 0 Å². The van der Waals surface area contributed by atoms with Gasteiger partial charge in [-0.3, -0.25) is 4.90 Å². The number of rotatable bonds is 3. The largest absolute Gasteiger partial charge is 0.496 e. The minimum atomic E-state index is 0.691. The van der Waals surface area contributed by atoms with E-state index in [1.165, 1.54) is 31.4 Å². The van der Waals surface area contributed by atoms with Gasteiger partial charge in [-0.15, -0.1) is 6.58 Å². The van der Waals surface area contributed by atoms with Crippen LogP contribution < -0.4 is 4.74 Å². The SMILES string of the molecule is C=CCN1CCc2c(OC)ccc3c2C(CCC3)C1. The quantitative estimate of drug-likeness (QED) is 0.771. The molecule has 2 aliphatic rings. The number of methoxy groups -OCH3 is 1. The number of aryl methyl sites for hydroxylation is 1. The van der Waals surface area contributed by atoms with E-state index >= 15 is 0 Å². The summed E-state index contributed by atoms with van der Waals surface area (Å²) in [4.78, 5) is 2.53. The number of ether oxygens (including phenoxy) is 1. The van der Waals surface area contributed by atoms with Crippen molar-refractivity contribution in [3.63, 3.8) is 0 Å². The second kappa shape index (κ2) is 5.38. The Morgan fingerprint density at radius 1 is 1.42 bits per heavy atom. The highest BCUT2D eigenvalue weighted by Crippen LogP contribution is 2.40. The Hall–Kier alpha value is -1.28. The van der Waals surface area contributed by atoms with E-state index in [0.717, 1.165) is 25.3 Å². The molecule has 0 spiro atoms. The molecule has 2 nitrogen and oxygen atoms in total. The lowest BCUT2D eigenvalue weighted by molar-refractivity contribution is 0.285. The van der Waals surface area contributed by atoms with Crippen molar-refractivity contribution < 1.29 is 4.74 Å². The van der Waals surface area contributed by atoms with Crippen LogP contribution in [-0.4, -0.2) is 31.6 Å². The molecule has 1 aromatic rings. The molecule has 3 rings (SSSR count). The molecule has 0 fully saturated rings. The van der Waals surface area contributed by atoms with Crippen LogP contribution in [0.5, 0.6) is 5.75 Å². The third-order valence-electron chi connectivity index (χ3n) is 4.58. The molecule has 0 amide bonds. The highest BCUT2D eigenvalue weighted by Gasteiger charge is 2.29. The van der Waals surface area contributed by atoms with Gasteiger partial charge in [0.1, 0.15) is 5.75 Å². The van der Waals surface area contributed by atoms with Crippen LogP contribution in [0, 0.1) is 0 Å². The zero-order valence-corrected chi connectivity index (χ0v) is 11.8. The molecule has 1 atom stereocenters. The van der Waals surface area contributed by atoms with Gasteiger partial charge in [-0.05, 0) is 54.4 Å². The summed E-state index contributed by atoms with van der Waals surface area (Å²) >= 11 is 0. The third-order valence-corrected chi connectivity index (χ3v) is 4.58. The van der Waals surface area contributed by atoms with E-state index in [0.29, 0.717) is 5.92 Å². The fourth-order valence-corrected chi connectivity index (χ4v) is 3.76. The standard InChI is InChI=1S/C17H23NO/c1-3-10-18-11-9-15-16(19-2)8-7-13-5-4-6-14(12-18)17(13)15/h3,7-8,14H,1,4-6,9-12H2,2H3. The summed E-state index contributed by atoms with van der Waals surface area (Å²) in [6.07, 6.45) is 7.02. The predicted octanol–water partition coefficient (Wildman–Crippen LogP) is 3.16. The molecule has 0 radical (unpaired) electrons. The molecule has 0 aromatic heterocycles. The summed E-state index contributed by atoms with van der Waals surface area (Å²) in [5, 5.41) is 0. The van der Waals surface area contributed by atoms with Gasteiger partial charge in [-0.2, -0.15) is 0 Å². The number of hydrogen-bond acceptors (Lipinski definition) is 2. The molecule has 0 saturated carbocycles. The lowest BCUT2D eigenvalue weighted by Gasteiger charge is -2.29. The Kier molecular flexibility index (Phi) is 3.61. The van der Waals surface area contributed by atoms with E-state index in [2.05, 4.69) is 23.6 Å². The van der Waals surface area contributed by atoms with Gasteiger partial charge in [-0.25, -0.2) is 0 Å². The van der Waals surface area contributed by atoms with Crippen LogP contribution in [-0.2, 0) is 12.8 Å². The number of benzene rings is 1. The lowest BCUT2D eigenvalue weighted by atomic mass is 9.80. The summed E-state index contributed by atoms with van der Waals surface area (Å²) in [6, 6.07) is 4.45. The molecule has 1 aromatic carbocycles. The maximum atomic E-state index is 5.60. The zero-order valence-electron chi connectivity index (χ0n) is 11.8. The Morgan fingerprint density at radius 3 is 3.11 bits per heavy atom. The monoisotopic (exact) mass is 257 g/mol. The van der Waals surface area contributed by atoms with Gasteiger partial charge < -0.3 is 4.74 Å². The first-order valence-electron chi connectivity index (χ1n) is 7.35. The Balaban J connectivity index is 2.02. The van der Waals surface area contributed by atoms with Gasteiger partial charge in [0.2, 0.25) is 0 Å². The molecule has 1 aliphatic carbocycles. The van der Waals surface area contributed by atoms with Crippen LogP contribution in [0.1, 0.15) is 35.4 Å². The van der Waals surface area contributed by atoms with Crippen molar-refractivity contribution in [2.45, 2.75) is 31.6 Å². The third kappa shape index (κ3) is 2.30. The molecule has 1 unspecified atom stereocenters. The predicted molar refractivity (Wildman–Crippen MR) is 79.0 cm³/mol. The highest BCUT2D eigenvalue weighted by molar-refractivity contribution is 5.49. The maximum Gasteiger partial charge on any atom is 0.122 e. The summed E-state index contributed by atoms with van der Waals surface area (Å²) in [6.45, 7) is 7.19. The van der Waals surface area contributed by atoms with Gasteiger partial charge in [-0.1, -0.05) is 12.1 Å². The number of hydrogen-bond donors (Lipinski definition) is 0. The second-order valence-electron chi connectivity index (χ2n) is 5.71. The van der Waals surface area contributed by atoms with Crippen molar-refractivity contribution in [2.75, 3.05) is 26.7 Å². The fraction of sp³-hybridized carbons (Fsp3) is 0.529. The molecule has 19 heavy (non-hydrogen) atoms. The summed E-state index contributed by atoms with van der Waals surface area (Å²) in [7, 11) is 1.79. The van der Waals surface area contributed by atoms with E-state index in [4.69, 9.17) is 4.74 Å². The van der Waals surface area contributed by atoms with Gasteiger partial charge >= 0.3 is 0 Å². The van der Waals surface area contributed by atoms with Crippen LogP contribution in [0.15, 0.2) is 24.8 Å². The van der Waals surface area contributed by atoms with Gasteiger partial charge in [0, 0.05) is 19.6 Å². The van der Waals surface area contributed by atoms with Crippen LogP contribution >= 0.6 is 0 Å². The van der Waals surface area contributed by atoms with Crippen LogP contribution in [0.2, 0.25) is 0 Å². The molecular weight excluding hydrogens is 234 g/mol. The summed E-state index contributed by atoms with van der Waals surface area (Å²) in [5.41, 5.74) is 4.64. The number of nitrogens with zero attached hydrogens (tertiary/aromatic N) is 1. The molecule has 1 aliphatic heterocycles. The smallest absolute Gasteiger partial charge is 0.122 e. The minimum Gasteiger partial charge on any atom is -0.496 e. The van der Waals surface area contributed by atoms with Crippen molar-refractivity contribution in [1.29, 1.82) is 0 Å². The average Bonchev–Trinajstić information content (AvgIpc) is 2.62.